The molecule has 5 nitrogen and oxygen atoms in total. The van der Waals surface area contributed by atoms with Crippen molar-refractivity contribution >= 4 is 17.0 Å². The predicted octanol–water partition coefficient (Wildman–Crippen LogP) is 1.01. The quantitative estimate of drug-likeness (QED) is 0.753. The van der Waals surface area contributed by atoms with Gasteiger partial charge in [-0.2, -0.15) is 0 Å². The summed E-state index contributed by atoms with van der Waals surface area (Å²) in [5, 5.41) is 0. The molecule has 0 unspecified atom stereocenters. The third-order valence-electron chi connectivity index (χ3n) is 2.30. The molecule has 0 aliphatic heterocycles. The third kappa shape index (κ3) is 2.38. The Morgan fingerprint density at radius 2 is 2.38 bits per heavy atom. The average Bonchev–Trinajstić information content (AvgIpc) is 2.74. The summed E-state index contributed by atoms with van der Waals surface area (Å²) >= 11 is 0. The molecule has 0 radical (unpaired) electrons. The van der Waals surface area contributed by atoms with E-state index >= 15 is 0 Å². The Balaban J connectivity index is 2.01. The van der Waals surface area contributed by atoms with Gasteiger partial charge in [0, 0.05) is 13.5 Å². The lowest BCUT2D eigenvalue weighted by molar-refractivity contribution is -0.121. The fraction of sp³-hybridized carbons (Fsp3) is 0.273. The van der Waals surface area contributed by atoms with E-state index < -0.39 is 0 Å². The predicted molar refractivity (Wildman–Crippen MR) is 59.5 cm³/mol. The molecule has 0 atom stereocenters. The first-order valence-electron chi connectivity index (χ1n) is 5.07. The molecule has 0 spiro atoms. The summed E-state index contributed by atoms with van der Waals surface area (Å²) in [6, 6.07) is 5.76. The van der Waals surface area contributed by atoms with Crippen molar-refractivity contribution in [2.75, 3.05) is 7.05 Å². The molecule has 2 aromatic rings. The number of aromatic nitrogens is 1. The van der Waals surface area contributed by atoms with Crippen LogP contribution in [0.3, 0.4) is 0 Å². The van der Waals surface area contributed by atoms with Crippen molar-refractivity contribution in [3.05, 3.63) is 30.2 Å². The van der Waals surface area contributed by atoms with Gasteiger partial charge in [0.15, 0.2) is 12.0 Å². The molecule has 1 amide bonds. The average molecular weight is 219 g/mol. The van der Waals surface area contributed by atoms with Crippen molar-refractivity contribution in [2.24, 2.45) is 0 Å². The van der Waals surface area contributed by atoms with Crippen molar-refractivity contribution in [3.8, 4) is 0 Å². The topological polar surface area (TPSA) is 67.2 Å². The van der Waals surface area contributed by atoms with Crippen LogP contribution >= 0.6 is 0 Å². The van der Waals surface area contributed by atoms with Crippen molar-refractivity contribution in [2.45, 2.75) is 12.8 Å². The van der Waals surface area contributed by atoms with Gasteiger partial charge in [-0.3, -0.25) is 10.2 Å². The van der Waals surface area contributed by atoms with Crippen LogP contribution in [-0.4, -0.2) is 17.9 Å². The zero-order valence-corrected chi connectivity index (χ0v) is 8.99. The normalized spacial score (nSPS) is 10.6. The smallest absolute Gasteiger partial charge is 0.234 e. The van der Waals surface area contributed by atoms with Crippen LogP contribution in [0.4, 0.5) is 0 Å². The van der Waals surface area contributed by atoms with Crippen LogP contribution in [-0.2, 0) is 11.2 Å². The van der Waals surface area contributed by atoms with Crippen molar-refractivity contribution in [3.63, 3.8) is 0 Å². The molecule has 0 aliphatic rings. The van der Waals surface area contributed by atoms with E-state index in [1.807, 2.05) is 18.2 Å². The highest BCUT2D eigenvalue weighted by Gasteiger charge is 2.03. The number of amides is 1. The summed E-state index contributed by atoms with van der Waals surface area (Å²) in [5.41, 5.74) is 7.78. The van der Waals surface area contributed by atoms with E-state index in [0.29, 0.717) is 12.8 Å². The van der Waals surface area contributed by atoms with Crippen LogP contribution in [0, 0.1) is 0 Å². The fourth-order valence-corrected chi connectivity index (χ4v) is 1.51. The second-order valence-electron chi connectivity index (χ2n) is 3.45. The highest BCUT2D eigenvalue weighted by atomic mass is 16.3. The third-order valence-corrected chi connectivity index (χ3v) is 2.30. The van der Waals surface area contributed by atoms with Gasteiger partial charge in [0.25, 0.3) is 0 Å². The van der Waals surface area contributed by atoms with Crippen LogP contribution in [0.25, 0.3) is 11.1 Å². The van der Waals surface area contributed by atoms with Crippen LogP contribution in [0.1, 0.15) is 12.0 Å². The molecule has 0 aliphatic carbocycles. The number of nitrogens with zero attached hydrogens (tertiary/aromatic N) is 1. The zero-order valence-electron chi connectivity index (χ0n) is 8.99. The maximum Gasteiger partial charge on any atom is 0.234 e. The van der Waals surface area contributed by atoms with Gasteiger partial charge in [-0.1, -0.05) is 6.07 Å². The molecule has 0 saturated heterocycles. The lowest BCUT2D eigenvalue weighted by atomic mass is 10.1. The summed E-state index contributed by atoms with van der Waals surface area (Å²) in [4.78, 5) is 15.2. The number of hydrogen-bond donors (Lipinski definition) is 2. The number of fused-ring (bicyclic) bond motifs is 1. The lowest BCUT2D eigenvalue weighted by Gasteiger charge is -2.02. The van der Waals surface area contributed by atoms with E-state index in [4.69, 9.17) is 4.42 Å². The minimum absolute atomic E-state index is 0.0276. The lowest BCUT2D eigenvalue weighted by Crippen LogP contribution is -2.34. The van der Waals surface area contributed by atoms with E-state index in [-0.39, 0.29) is 5.91 Å². The highest BCUT2D eigenvalue weighted by molar-refractivity contribution is 5.76. The Hall–Kier alpha value is -1.88. The molecule has 1 aromatic carbocycles. The molecule has 2 rings (SSSR count). The number of hydrazine groups is 1. The van der Waals surface area contributed by atoms with E-state index in [1.165, 1.54) is 6.39 Å². The first-order valence-corrected chi connectivity index (χ1v) is 5.07. The number of oxazole rings is 1. The highest BCUT2D eigenvalue weighted by Crippen LogP contribution is 2.15. The van der Waals surface area contributed by atoms with Crippen LogP contribution < -0.4 is 10.9 Å². The molecule has 0 bridgehead atoms. The van der Waals surface area contributed by atoms with E-state index in [1.54, 1.807) is 7.05 Å². The van der Waals surface area contributed by atoms with Crippen LogP contribution in [0.2, 0.25) is 0 Å². The molecular weight excluding hydrogens is 206 g/mol. The number of hydrogen-bond acceptors (Lipinski definition) is 4. The summed E-state index contributed by atoms with van der Waals surface area (Å²) in [6.45, 7) is 0. The van der Waals surface area contributed by atoms with E-state index in [0.717, 1.165) is 16.7 Å². The summed E-state index contributed by atoms with van der Waals surface area (Å²) in [5.74, 6) is -0.0276. The minimum atomic E-state index is -0.0276. The molecule has 0 fully saturated rings. The minimum Gasteiger partial charge on any atom is -0.443 e. The van der Waals surface area contributed by atoms with Gasteiger partial charge in [-0.15, -0.1) is 0 Å². The Morgan fingerprint density at radius 1 is 1.50 bits per heavy atom. The summed E-state index contributed by atoms with van der Waals surface area (Å²) in [6.07, 6.45) is 2.55. The number of carbonyl (C=O) groups excluding carboxylic acids is 1. The first kappa shape index (κ1) is 10.6. The van der Waals surface area contributed by atoms with Gasteiger partial charge in [0.2, 0.25) is 5.91 Å². The molecule has 5 heteroatoms. The van der Waals surface area contributed by atoms with Gasteiger partial charge in [0.1, 0.15) is 5.52 Å². The first-order chi connectivity index (χ1) is 7.79. The number of aryl methyl sites for hydroxylation is 1. The van der Waals surface area contributed by atoms with Crippen LogP contribution in [0.5, 0.6) is 0 Å². The van der Waals surface area contributed by atoms with Gasteiger partial charge in [-0.25, -0.2) is 10.4 Å². The number of nitrogens with one attached hydrogen (secondary N) is 2. The Labute approximate surface area is 92.8 Å². The van der Waals surface area contributed by atoms with Crippen molar-refractivity contribution < 1.29 is 9.21 Å². The second-order valence-corrected chi connectivity index (χ2v) is 3.45. The monoisotopic (exact) mass is 219 g/mol. The molecule has 16 heavy (non-hydrogen) atoms. The fourth-order valence-electron chi connectivity index (χ4n) is 1.51. The molecule has 1 heterocycles. The standard InChI is InChI=1S/C11H13N3O2/c1-12-14-11(15)5-3-8-2-4-9-10(6-8)16-7-13-9/h2,4,6-7,12H,3,5H2,1H3,(H,14,15). The Morgan fingerprint density at radius 3 is 3.19 bits per heavy atom. The molecule has 0 saturated carbocycles. The SMILES string of the molecule is CNNC(=O)CCc1ccc2ncoc2c1. The van der Waals surface area contributed by atoms with Crippen molar-refractivity contribution in [1.82, 2.24) is 15.8 Å². The van der Waals surface area contributed by atoms with E-state index in [9.17, 15) is 4.79 Å². The van der Waals surface area contributed by atoms with Crippen LogP contribution in [0.15, 0.2) is 29.0 Å². The van der Waals surface area contributed by atoms with Gasteiger partial charge in [-0.05, 0) is 24.1 Å². The molecule has 2 N–H and O–H groups in total. The molecule has 1 aromatic heterocycles. The Bertz CT molecular complexity index is 493. The van der Waals surface area contributed by atoms with Crippen molar-refractivity contribution in [1.29, 1.82) is 0 Å². The van der Waals surface area contributed by atoms with Gasteiger partial charge in [0.05, 0.1) is 0 Å². The van der Waals surface area contributed by atoms with E-state index in [2.05, 4.69) is 15.8 Å². The molecular formula is C11H13N3O2. The maximum absolute atomic E-state index is 11.2. The summed E-state index contributed by atoms with van der Waals surface area (Å²) in [7, 11) is 1.67. The number of carbonyl (C=O) groups is 1. The maximum atomic E-state index is 11.2. The second kappa shape index (κ2) is 4.76. The largest absolute Gasteiger partial charge is 0.443 e. The number of rotatable bonds is 4. The van der Waals surface area contributed by atoms with Gasteiger partial charge >= 0.3 is 0 Å². The number of benzene rings is 1. The summed E-state index contributed by atoms with van der Waals surface area (Å²) < 4.78 is 5.19. The zero-order chi connectivity index (χ0) is 11.4. The molecule has 84 valence electrons. The Kier molecular flexibility index (Phi) is 3.16. The van der Waals surface area contributed by atoms with Gasteiger partial charge < -0.3 is 4.42 Å².